The molecule has 0 bridgehead atoms. The summed E-state index contributed by atoms with van der Waals surface area (Å²) < 4.78 is 53.5. The van der Waals surface area contributed by atoms with Crippen molar-refractivity contribution in [1.82, 2.24) is 9.78 Å². The molecular weight excluding hydrogens is 267 g/mol. The lowest BCUT2D eigenvalue weighted by Gasteiger charge is -2.17. The lowest BCUT2D eigenvalue weighted by atomic mass is 10.2. The molecule has 1 atom stereocenters. The van der Waals surface area contributed by atoms with Gasteiger partial charge in [0.2, 0.25) is 0 Å². The molecule has 0 saturated heterocycles. The molecule has 18 heavy (non-hydrogen) atoms. The second-order valence-electron chi connectivity index (χ2n) is 4.70. The van der Waals surface area contributed by atoms with Crippen LogP contribution < -0.4 is 0 Å². The maximum absolute atomic E-state index is 12.6. The van der Waals surface area contributed by atoms with Gasteiger partial charge < -0.3 is 4.55 Å². The number of aromatic nitrogens is 2. The van der Waals surface area contributed by atoms with Gasteiger partial charge in [-0.15, -0.1) is 0 Å². The van der Waals surface area contributed by atoms with E-state index in [0.717, 1.165) is 10.9 Å². The van der Waals surface area contributed by atoms with Crippen LogP contribution in [0.3, 0.4) is 0 Å². The van der Waals surface area contributed by atoms with Gasteiger partial charge in [-0.25, -0.2) is 0 Å². The number of aryl methyl sites for hydroxylation is 1. The molecule has 0 amide bonds. The number of hydrogen-bond donors (Lipinski definition) is 0. The minimum atomic E-state index is -4.55. The molecule has 1 rings (SSSR count). The smallest absolute Gasteiger partial charge is 0.435 e. The molecule has 0 spiro atoms. The Morgan fingerprint density at radius 1 is 1.39 bits per heavy atom. The first-order chi connectivity index (χ1) is 8.01. The molecule has 0 aliphatic rings. The van der Waals surface area contributed by atoms with Crippen molar-refractivity contribution in [2.75, 3.05) is 0 Å². The van der Waals surface area contributed by atoms with Crippen LogP contribution >= 0.6 is 0 Å². The number of halogens is 3. The average molecular weight is 281 g/mol. The van der Waals surface area contributed by atoms with Crippen molar-refractivity contribution in [1.29, 1.82) is 0 Å². The predicted molar refractivity (Wildman–Crippen MR) is 63.7 cm³/mol. The third-order valence-electron chi connectivity index (χ3n) is 1.94. The zero-order chi connectivity index (χ0) is 14.1. The molecule has 0 fully saturated rings. The van der Waals surface area contributed by atoms with Crippen molar-refractivity contribution >= 4 is 17.6 Å². The Kier molecular flexibility index (Phi) is 4.12. The van der Waals surface area contributed by atoms with E-state index >= 15 is 0 Å². The normalized spacial score (nSPS) is 15.3. The highest BCUT2D eigenvalue weighted by molar-refractivity contribution is 7.91. The molecule has 0 N–H and O–H groups in total. The number of rotatable bonds is 2. The van der Waals surface area contributed by atoms with E-state index in [-0.39, 0.29) is 5.56 Å². The SMILES string of the molecule is Cn1cc(/C=N\[S+]([O-])C(C)(C)C)c(C(F)(F)F)n1. The summed E-state index contributed by atoms with van der Waals surface area (Å²) in [6.07, 6.45) is -2.41. The van der Waals surface area contributed by atoms with Crippen LogP contribution in [0.1, 0.15) is 32.0 Å². The first-order valence-corrected chi connectivity index (χ1v) is 6.19. The summed E-state index contributed by atoms with van der Waals surface area (Å²) in [6, 6.07) is 0. The third-order valence-corrected chi connectivity index (χ3v) is 3.28. The monoisotopic (exact) mass is 281 g/mol. The first-order valence-electron chi connectivity index (χ1n) is 5.08. The van der Waals surface area contributed by atoms with Gasteiger partial charge in [0.25, 0.3) is 0 Å². The molecular formula is C10H14F3N3OS. The summed E-state index contributed by atoms with van der Waals surface area (Å²) in [6.45, 7) is 5.07. The third kappa shape index (κ3) is 3.74. The van der Waals surface area contributed by atoms with E-state index < -0.39 is 28.0 Å². The topological polar surface area (TPSA) is 53.2 Å². The van der Waals surface area contributed by atoms with Crippen molar-refractivity contribution in [2.45, 2.75) is 31.7 Å². The lowest BCUT2D eigenvalue weighted by molar-refractivity contribution is -0.141. The lowest BCUT2D eigenvalue weighted by Crippen LogP contribution is -2.25. The molecule has 1 heterocycles. The summed E-state index contributed by atoms with van der Waals surface area (Å²) in [5.41, 5.74) is -1.22. The number of nitrogens with zero attached hydrogens (tertiary/aromatic N) is 3. The molecule has 0 aliphatic heterocycles. The van der Waals surface area contributed by atoms with E-state index in [2.05, 4.69) is 9.50 Å². The fourth-order valence-electron chi connectivity index (χ4n) is 1.08. The molecule has 8 heteroatoms. The van der Waals surface area contributed by atoms with Gasteiger partial charge in [0.05, 0.1) is 6.21 Å². The van der Waals surface area contributed by atoms with Gasteiger partial charge in [-0.3, -0.25) is 4.68 Å². The van der Waals surface area contributed by atoms with Crippen molar-refractivity contribution in [3.05, 3.63) is 17.5 Å². The Bertz CT molecular complexity index is 448. The van der Waals surface area contributed by atoms with Crippen molar-refractivity contribution in [3.63, 3.8) is 0 Å². The van der Waals surface area contributed by atoms with E-state index in [1.54, 1.807) is 20.8 Å². The van der Waals surface area contributed by atoms with E-state index in [1.807, 2.05) is 0 Å². The molecule has 1 unspecified atom stereocenters. The quantitative estimate of drug-likeness (QED) is 0.617. The first kappa shape index (κ1) is 15.0. The summed E-state index contributed by atoms with van der Waals surface area (Å²) in [7, 11) is 1.38. The zero-order valence-electron chi connectivity index (χ0n) is 10.4. The Balaban J connectivity index is 3.02. The minimum Gasteiger partial charge on any atom is -0.591 e. The maximum Gasteiger partial charge on any atom is 0.435 e. The molecule has 102 valence electrons. The Labute approximate surface area is 106 Å². The highest BCUT2D eigenvalue weighted by atomic mass is 32.2. The molecule has 0 aromatic carbocycles. The molecule has 1 aromatic rings. The second kappa shape index (κ2) is 4.93. The minimum absolute atomic E-state index is 0.192. The van der Waals surface area contributed by atoms with Crippen LogP contribution in [0.25, 0.3) is 0 Å². The van der Waals surface area contributed by atoms with Crippen LogP contribution in [0.5, 0.6) is 0 Å². The fourth-order valence-corrected chi connectivity index (χ4v) is 1.61. The summed E-state index contributed by atoms with van der Waals surface area (Å²) in [5.74, 6) is 0. The van der Waals surface area contributed by atoms with Crippen molar-refractivity contribution in [2.24, 2.45) is 11.4 Å². The van der Waals surface area contributed by atoms with Crippen molar-refractivity contribution in [3.8, 4) is 0 Å². The zero-order valence-corrected chi connectivity index (χ0v) is 11.3. The van der Waals surface area contributed by atoms with Crippen LogP contribution in [0.4, 0.5) is 13.2 Å². The van der Waals surface area contributed by atoms with Gasteiger partial charge >= 0.3 is 6.18 Å². The van der Waals surface area contributed by atoms with Gasteiger partial charge in [-0.05, 0) is 20.8 Å². The van der Waals surface area contributed by atoms with Gasteiger partial charge in [0.1, 0.15) is 16.1 Å². The highest BCUT2D eigenvalue weighted by Crippen LogP contribution is 2.30. The average Bonchev–Trinajstić information content (AvgIpc) is 2.54. The van der Waals surface area contributed by atoms with Crippen LogP contribution in [-0.4, -0.2) is 25.3 Å². The number of alkyl halides is 3. The summed E-state index contributed by atoms with van der Waals surface area (Å²) in [5, 5.41) is 3.32. The molecule has 1 aromatic heterocycles. The summed E-state index contributed by atoms with van der Waals surface area (Å²) in [4.78, 5) is 0. The molecule has 0 radical (unpaired) electrons. The number of hydrogen-bond acceptors (Lipinski definition) is 3. The standard InChI is InChI=1S/C10H14F3N3OS/c1-9(2,3)18(17)14-5-7-6-16(4)15-8(7)10(11,12)13/h5-6H,1-4H3/b14-5-. The predicted octanol–water partition coefficient (Wildman–Crippen LogP) is 2.32. The Hall–Kier alpha value is -1.02. The second-order valence-corrected chi connectivity index (χ2v) is 6.63. The van der Waals surface area contributed by atoms with E-state index in [1.165, 1.54) is 13.2 Å². The molecule has 4 nitrogen and oxygen atoms in total. The molecule has 0 saturated carbocycles. The maximum atomic E-state index is 12.6. The van der Waals surface area contributed by atoms with Crippen molar-refractivity contribution < 1.29 is 17.7 Å². The van der Waals surface area contributed by atoms with Crippen LogP contribution in [0, 0.1) is 0 Å². The van der Waals surface area contributed by atoms with Crippen LogP contribution in [0.2, 0.25) is 0 Å². The van der Waals surface area contributed by atoms with E-state index in [0.29, 0.717) is 0 Å². The van der Waals surface area contributed by atoms with Gasteiger partial charge in [0, 0.05) is 18.8 Å². The van der Waals surface area contributed by atoms with E-state index in [9.17, 15) is 17.7 Å². The highest BCUT2D eigenvalue weighted by Gasteiger charge is 2.37. The van der Waals surface area contributed by atoms with Gasteiger partial charge in [-0.2, -0.15) is 18.3 Å². The Morgan fingerprint density at radius 3 is 2.39 bits per heavy atom. The van der Waals surface area contributed by atoms with E-state index in [4.69, 9.17) is 0 Å². The van der Waals surface area contributed by atoms with Crippen LogP contribution in [-0.2, 0) is 24.6 Å². The Morgan fingerprint density at radius 2 is 1.94 bits per heavy atom. The molecule has 0 aliphatic carbocycles. The summed E-state index contributed by atoms with van der Waals surface area (Å²) >= 11 is -1.60. The van der Waals surface area contributed by atoms with Gasteiger partial charge in [-0.1, -0.05) is 4.40 Å². The fraction of sp³-hybridized carbons (Fsp3) is 0.600. The largest absolute Gasteiger partial charge is 0.591 e. The van der Waals surface area contributed by atoms with Gasteiger partial charge in [0.15, 0.2) is 5.69 Å². The van der Waals surface area contributed by atoms with Crippen LogP contribution in [0.15, 0.2) is 10.6 Å².